The fourth-order valence-electron chi connectivity index (χ4n) is 4.01. The van der Waals surface area contributed by atoms with Crippen LogP contribution in [0.4, 0.5) is 5.95 Å². The molecule has 1 fully saturated rings. The Hall–Kier alpha value is -4.01. The molecule has 42 heavy (non-hydrogen) atoms. The Labute approximate surface area is 241 Å². The molecule has 0 unspecified atom stereocenters. The van der Waals surface area contributed by atoms with Crippen molar-refractivity contribution in [2.24, 2.45) is 30.7 Å². The summed E-state index contributed by atoms with van der Waals surface area (Å²) < 4.78 is 25.0. The number of aromatic nitrogens is 4. The number of aryl methyl sites for hydroxylation is 1. The SMILES string of the molecule is CC(C)C(=O)Nc1nc2c(c(=O)[nH]1)n(C)c(=O)n2[C@@H]1O[C@H](COC(=O)C(C)C)[C@@H](OC(=O)C(C)C)[C@H]1OC(=O)C(C)C. The number of H-pyrrole nitrogens is 1. The predicted octanol–water partition coefficient (Wildman–Crippen LogP) is 1.25. The summed E-state index contributed by atoms with van der Waals surface area (Å²) in [5, 5.41) is 2.50. The minimum absolute atomic E-state index is 0.148. The minimum atomic E-state index is -1.46. The summed E-state index contributed by atoms with van der Waals surface area (Å²) in [4.78, 5) is 83.5. The first kappa shape index (κ1) is 32.5. The zero-order valence-corrected chi connectivity index (χ0v) is 25.3. The molecule has 15 nitrogen and oxygen atoms in total. The van der Waals surface area contributed by atoms with E-state index in [4.69, 9.17) is 18.9 Å². The average molecular weight is 594 g/mol. The Morgan fingerprint density at radius 3 is 1.95 bits per heavy atom. The maximum absolute atomic E-state index is 13.6. The maximum Gasteiger partial charge on any atom is 0.332 e. The lowest BCUT2D eigenvalue weighted by molar-refractivity contribution is -0.173. The van der Waals surface area contributed by atoms with Gasteiger partial charge in [-0.3, -0.25) is 38.8 Å². The van der Waals surface area contributed by atoms with Gasteiger partial charge in [0.25, 0.3) is 5.56 Å². The van der Waals surface area contributed by atoms with Gasteiger partial charge >= 0.3 is 23.6 Å². The molecule has 3 heterocycles. The first-order chi connectivity index (χ1) is 19.5. The number of aromatic amines is 1. The number of carbonyl (C=O) groups is 4. The van der Waals surface area contributed by atoms with Gasteiger partial charge < -0.3 is 18.9 Å². The van der Waals surface area contributed by atoms with Gasteiger partial charge in [0.05, 0.1) is 17.8 Å². The lowest BCUT2D eigenvalue weighted by atomic mass is 10.1. The molecule has 0 bridgehead atoms. The lowest BCUT2D eigenvalue weighted by Crippen LogP contribution is -2.43. The van der Waals surface area contributed by atoms with Gasteiger partial charge in [0.2, 0.25) is 11.9 Å². The van der Waals surface area contributed by atoms with E-state index in [1.54, 1.807) is 55.4 Å². The molecular weight excluding hydrogens is 554 g/mol. The van der Waals surface area contributed by atoms with E-state index in [0.29, 0.717) is 0 Å². The highest BCUT2D eigenvalue weighted by molar-refractivity contribution is 5.91. The smallest absolute Gasteiger partial charge is 0.332 e. The molecule has 0 aliphatic carbocycles. The van der Waals surface area contributed by atoms with E-state index in [1.807, 2.05) is 0 Å². The third-order valence-corrected chi connectivity index (χ3v) is 6.55. The first-order valence-corrected chi connectivity index (χ1v) is 13.8. The highest BCUT2D eigenvalue weighted by Crippen LogP contribution is 2.36. The summed E-state index contributed by atoms with van der Waals surface area (Å²) in [5.41, 5.74) is -1.82. The molecule has 0 radical (unpaired) electrons. The molecule has 1 aliphatic heterocycles. The molecule has 2 aromatic rings. The van der Waals surface area contributed by atoms with Crippen molar-refractivity contribution in [3.63, 3.8) is 0 Å². The zero-order chi connectivity index (χ0) is 31.6. The molecule has 0 saturated carbocycles. The van der Waals surface area contributed by atoms with Gasteiger partial charge in [-0.25, -0.2) is 9.36 Å². The Morgan fingerprint density at radius 1 is 0.881 bits per heavy atom. The van der Waals surface area contributed by atoms with Crippen LogP contribution in [0.3, 0.4) is 0 Å². The number of hydrogen-bond donors (Lipinski definition) is 2. The largest absolute Gasteiger partial charge is 0.463 e. The maximum atomic E-state index is 13.6. The van der Waals surface area contributed by atoms with E-state index in [0.717, 1.165) is 9.13 Å². The summed E-state index contributed by atoms with van der Waals surface area (Å²) in [7, 11) is 1.34. The van der Waals surface area contributed by atoms with E-state index in [1.165, 1.54) is 7.05 Å². The Kier molecular flexibility index (Phi) is 9.97. The molecule has 3 rings (SSSR count). The second kappa shape index (κ2) is 12.9. The quantitative estimate of drug-likeness (QED) is 0.298. The number of nitrogens with one attached hydrogen (secondary N) is 2. The fourth-order valence-corrected chi connectivity index (χ4v) is 4.01. The van der Waals surface area contributed by atoms with Crippen LogP contribution in [-0.2, 0) is 45.2 Å². The van der Waals surface area contributed by atoms with Crippen LogP contribution in [0, 0.1) is 23.7 Å². The Balaban J connectivity index is 2.21. The standard InChI is InChI=1S/C27H39N5O10/c1-11(2)20(33)29-26-28-19-16(21(34)30-26)31(9)27(38)32(19)22-18(42-25(37)14(7)8)17(41-24(36)13(5)6)15(40-22)10-39-23(35)12(3)4/h11-15,17-18,22H,10H2,1-9H3,(H2,28,29,30,33,34)/t15-,17-,18-,22-/m1/s1. The number of imidazole rings is 1. The molecule has 15 heteroatoms. The lowest BCUT2D eigenvalue weighted by Gasteiger charge is -2.26. The van der Waals surface area contributed by atoms with Crippen LogP contribution in [0.1, 0.15) is 61.6 Å². The number of fused-ring (bicyclic) bond motifs is 1. The van der Waals surface area contributed by atoms with Crippen LogP contribution in [0.2, 0.25) is 0 Å². The van der Waals surface area contributed by atoms with E-state index in [9.17, 15) is 28.8 Å². The number of rotatable bonds is 10. The van der Waals surface area contributed by atoms with Gasteiger partial charge in [-0.2, -0.15) is 4.98 Å². The third-order valence-electron chi connectivity index (χ3n) is 6.55. The first-order valence-electron chi connectivity index (χ1n) is 13.8. The molecule has 1 aliphatic rings. The summed E-state index contributed by atoms with van der Waals surface area (Å²) in [6, 6.07) is 0. The van der Waals surface area contributed by atoms with Crippen molar-refractivity contribution in [1.82, 2.24) is 19.1 Å². The average Bonchev–Trinajstić information content (AvgIpc) is 3.35. The van der Waals surface area contributed by atoms with E-state index >= 15 is 0 Å². The second-order valence-electron chi connectivity index (χ2n) is 11.4. The van der Waals surface area contributed by atoms with Crippen LogP contribution in [0.5, 0.6) is 0 Å². The molecule has 0 spiro atoms. The normalized spacial score (nSPS) is 20.5. The molecule has 2 N–H and O–H groups in total. The van der Waals surface area contributed by atoms with Crippen molar-refractivity contribution in [3.05, 3.63) is 20.8 Å². The van der Waals surface area contributed by atoms with Crippen LogP contribution in [0.25, 0.3) is 11.2 Å². The van der Waals surface area contributed by atoms with Crippen molar-refractivity contribution in [3.8, 4) is 0 Å². The second-order valence-corrected chi connectivity index (χ2v) is 11.4. The minimum Gasteiger partial charge on any atom is -0.463 e. The summed E-state index contributed by atoms with van der Waals surface area (Å²) in [6.45, 7) is 12.6. The number of anilines is 1. The Morgan fingerprint density at radius 2 is 1.43 bits per heavy atom. The molecule has 232 valence electrons. The van der Waals surface area contributed by atoms with Gasteiger partial charge in [0, 0.05) is 13.0 Å². The third kappa shape index (κ3) is 6.72. The summed E-state index contributed by atoms with van der Waals surface area (Å²) in [6.07, 6.45) is -5.31. The van der Waals surface area contributed by atoms with Crippen molar-refractivity contribution < 1.29 is 38.1 Å². The molecular formula is C27H39N5O10. The van der Waals surface area contributed by atoms with Crippen molar-refractivity contribution in [2.75, 3.05) is 11.9 Å². The molecule has 2 aromatic heterocycles. The summed E-state index contributed by atoms with van der Waals surface area (Å²) >= 11 is 0. The van der Waals surface area contributed by atoms with E-state index in [-0.39, 0.29) is 23.7 Å². The monoisotopic (exact) mass is 593 g/mol. The number of esters is 3. The van der Waals surface area contributed by atoms with Crippen molar-refractivity contribution in [2.45, 2.75) is 79.9 Å². The highest BCUT2D eigenvalue weighted by atomic mass is 16.7. The van der Waals surface area contributed by atoms with Gasteiger partial charge in [-0.05, 0) is 0 Å². The van der Waals surface area contributed by atoms with Crippen molar-refractivity contribution in [1.29, 1.82) is 0 Å². The summed E-state index contributed by atoms with van der Waals surface area (Å²) in [5.74, 6) is -4.60. The van der Waals surface area contributed by atoms with Gasteiger partial charge in [0.15, 0.2) is 29.6 Å². The Bertz CT molecular complexity index is 1470. The molecule has 0 aromatic carbocycles. The number of amides is 1. The van der Waals surface area contributed by atoms with E-state index in [2.05, 4.69) is 15.3 Å². The molecule has 1 saturated heterocycles. The van der Waals surface area contributed by atoms with Crippen LogP contribution in [-0.4, -0.2) is 67.8 Å². The van der Waals surface area contributed by atoms with Gasteiger partial charge in [-0.1, -0.05) is 55.4 Å². The number of hydrogen-bond acceptors (Lipinski definition) is 11. The van der Waals surface area contributed by atoms with Crippen LogP contribution < -0.4 is 16.6 Å². The number of ether oxygens (including phenoxy) is 4. The highest BCUT2D eigenvalue weighted by Gasteiger charge is 2.52. The molecule has 1 amide bonds. The molecule has 4 atom stereocenters. The van der Waals surface area contributed by atoms with Crippen LogP contribution >= 0.6 is 0 Å². The van der Waals surface area contributed by atoms with E-state index < -0.39 is 83.3 Å². The van der Waals surface area contributed by atoms with Crippen molar-refractivity contribution >= 4 is 40.9 Å². The van der Waals surface area contributed by atoms with Gasteiger partial charge in [0.1, 0.15) is 12.7 Å². The number of nitrogens with zero attached hydrogens (tertiary/aromatic N) is 3. The van der Waals surface area contributed by atoms with Gasteiger partial charge in [-0.15, -0.1) is 0 Å². The van der Waals surface area contributed by atoms with Crippen LogP contribution in [0.15, 0.2) is 9.59 Å². The topological polar surface area (TPSA) is 190 Å². The number of carbonyl (C=O) groups excluding carboxylic acids is 4. The fraction of sp³-hybridized carbons (Fsp3) is 0.667. The zero-order valence-electron chi connectivity index (χ0n) is 25.3. The predicted molar refractivity (Wildman–Crippen MR) is 148 cm³/mol.